The predicted molar refractivity (Wildman–Crippen MR) is 119 cm³/mol. The van der Waals surface area contributed by atoms with Gasteiger partial charge in [-0.15, -0.1) is 0 Å². The first-order valence-electron chi connectivity index (χ1n) is 10.6. The fraction of sp³-hybridized carbons (Fsp3) is 0.440. The quantitative estimate of drug-likeness (QED) is 0.652. The average Bonchev–Trinajstić information content (AvgIpc) is 2.73. The molecule has 0 heterocycles. The highest BCUT2D eigenvalue weighted by atomic mass is 16.2. The Balaban J connectivity index is 2.03. The van der Waals surface area contributed by atoms with Crippen LogP contribution in [0.4, 0.5) is 0 Å². The Bertz CT molecular complexity index is 769. The molecule has 156 valence electrons. The molecule has 1 N–H and O–H groups in total. The van der Waals surface area contributed by atoms with Crippen LogP contribution >= 0.6 is 0 Å². The van der Waals surface area contributed by atoms with Crippen LogP contribution in [0.1, 0.15) is 56.7 Å². The lowest BCUT2D eigenvalue weighted by atomic mass is 10.00. The predicted octanol–water partition coefficient (Wildman–Crippen LogP) is 4.34. The van der Waals surface area contributed by atoms with Gasteiger partial charge in [-0.25, -0.2) is 0 Å². The van der Waals surface area contributed by atoms with Gasteiger partial charge in [0.2, 0.25) is 11.8 Å². The number of hydrogen-bond donors (Lipinski definition) is 1. The van der Waals surface area contributed by atoms with E-state index in [0.717, 1.165) is 17.5 Å². The summed E-state index contributed by atoms with van der Waals surface area (Å²) in [6.07, 6.45) is 1.82. The number of likely N-dealkylation sites (N-methyl/N-ethyl adjacent to an activating group) is 1. The molecule has 2 rings (SSSR count). The Labute approximate surface area is 175 Å². The Hall–Kier alpha value is -2.62. The van der Waals surface area contributed by atoms with Crippen LogP contribution in [0.3, 0.4) is 0 Å². The molecule has 0 saturated carbocycles. The van der Waals surface area contributed by atoms with Crippen LogP contribution in [0.2, 0.25) is 0 Å². The molecule has 0 aliphatic heterocycles. The second kappa shape index (κ2) is 11.4. The van der Waals surface area contributed by atoms with Gasteiger partial charge in [0.1, 0.15) is 6.04 Å². The maximum absolute atomic E-state index is 13.0. The number of carbonyl (C=O) groups is 2. The summed E-state index contributed by atoms with van der Waals surface area (Å²) >= 11 is 0. The van der Waals surface area contributed by atoms with Gasteiger partial charge in [-0.1, -0.05) is 68.4 Å². The van der Waals surface area contributed by atoms with Gasteiger partial charge in [-0.3, -0.25) is 9.59 Å². The fourth-order valence-electron chi connectivity index (χ4n) is 3.36. The molecule has 2 aromatic rings. The largest absolute Gasteiger partial charge is 0.355 e. The van der Waals surface area contributed by atoms with Crippen LogP contribution in [0.15, 0.2) is 54.6 Å². The van der Waals surface area contributed by atoms with E-state index in [0.29, 0.717) is 31.8 Å². The van der Waals surface area contributed by atoms with E-state index in [1.807, 2.05) is 32.0 Å². The number of benzene rings is 2. The van der Waals surface area contributed by atoms with Crippen molar-refractivity contribution in [3.05, 3.63) is 71.3 Å². The zero-order valence-electron chi connectivity index (χ0n) is 18.2. The molecule has 1 unspecified atom stereocenters. The summed E-state index contributed by atoms with van der Waals surface area (Å²) in [6.45, 7) is 9.14. The molecule has 0 saturated heterocycles. The number of carbonyl (C=O) groups excluding carboxylic acids is 2. The minimum atomic E-state index is -0.477. The average molecular weight is 395 g/mol. The third-order valence-corrected chi connectivity index (χ3v) is 5.28. The molecular weight excluding hydrogens is 360 g/mol. The molecule has 2 aromatic carbocycles. The Morgan fingerprint density at radius 3 is 2.10 bits per heavy atom. The lowest BCUT2D eigenvalue weighted by Gasteiger charge is -2.28. The number of nitrogens with one attached hydrogen (secondary N) is 1. The van der Waals surface area contributed by atoms with Crippen molar-refractivity contribution in [3.63, 3.8) is 0 Å². The smallest absolute Gasteiger partial charge is 0.242 e. The molecule has 0 aromatic heterocycles. The molecular formula is C25H34N2O2. The van der Waals surface area contributed by atoms with E-state index in [1.165, 1.54) is 5.56 Å². The second-order valence-corrected chi connectivity index (χ2v) is 7.79. The van der Waals surface area contributed by atoms with Gasteiger partial charge >= 0.3 is 0 Å². The Morgan fingerprint density at radius 1 is 0.897 bits per heavy atom. The van der Waals surface area contributed by atoms with Gasteiger partial charge in [0, 0.05) is 19.5 Å². The minimum Gasteiger partial charge on any atom is -0.355 e. The summed E-state index contributed by atoms with van der Waals surface area (Å²) in [5.74, 6) is 0.417. The maximum Gasteiger partial charge on any atom is 0.242 e. The monoisotopic (exact) mass is 394 g/mol. The maximum atomic E-state index is 13.0. The first-order chi connectivity index (χ1) is 13.9. The molecule has 29 heavy (non-hydrogen) atoms. The van der Waals surface area contributed by atoms with Gasteiger partial charge < -0.3 is 10.2 Å². The standard InChI is InChI=1S/C25H34N2O2/c1-5-26-25(29)20(4)27(18-17-21-9-7-6-8-10-21)24(28)16-13-22-11-14-23(15-12-22)19(2)3/h6-12,14-15,19-20H,5,13,16-18H2,1-4H3,(H,26,29). The molecule has 0 aliphatic rings. The van der Waals surface area contributed by atoms with Crippen molar-refractivity contribution >= 4 is 11.8 Å². The van der Waals surface area contributed by atoms with Gasteiger partial charge in [-0.05, 0) is 49.3 Å². The van der Waals surface area contributed by atoms with E-state index in [1.54, 1.807) is 4.90 Å². The van der Waals surface area contributed by atoms with Gasteiger partial charge in [0.05, 0.1) is 0 Å². The van der Waals surface area contributed by atoms with Crippen LogP contribution in [-0.2, 0) is 22.4 Å². The fourth-order valence-corrected chi connectivity index (χ4v) is 3.36. The van der Waals surface area contributed by atoms with E-state index in [9.17, 15) is 9.59 Å². The summed E-state index contributed by atoms with van der Waals surface area (Å²) < 4.78 is 0. The molecule has 1 atom stereocenters. The highest BCUT2D eigenvalue weighted by Gasteiger charge is 2.25. The van der Waals surface area contributed by atoms with Gasteiger partial charge in [-0.2, -0.15) is 0 Å². The molecule has 0 fully saturated rings. The summed E-state index contributed by atoms with van der Waals surface area (Å²) in [7, 11) is 0. The van der Waals surface area contributed by atoms with E-state index < -0.39 is 6.04 Å². The van der Waals surface area contributed by atoms with Crippen LogP contribution in [0.25, 0.3) is 0 Å². The van der Waals surface area contributed by atoms with Crippen molar-refractivity contribution in [3.8, 4) is 0 Å². The van der Waals surface area contributed by atoms with Crippen LogP contribution in [0.5, 0.6) is 0 Å². The third-order valence-electron chi connectivity index (χ3n) is 5.28. The second-order valence-electron chi connectivity index (χ2n) is 7.79. The van der Waals surface area contributed by atoms with E-state index >= 15 is 0 Å². The normalized spacial score (nSPS) is 11.9. The van der Waals surface area contributed by atoms with E-state index in [2.05, 4.69) is 55.6 Å². The first kappa shape index (κ1) is 22.7. The van der Waals surface area contributed by atoms with Gasteiger partial charge in [0.25, 0.3) is 0 Å². The number of rotatable bonds is 10. The van der Waals surface area contributed by atoms with Crippen molar-refractivity contribution in [1.29, 1.82) is 0 Å². The van der Waals surface area contributed by atoms with Crippen molar-refractivity contribution in [2.75, 3.05) is 13.1 Å². The van der Waals surface area contributed by atoms with E-state index in [4.69, 9.17) is 0 Å². The number of hydrogen-bond acceptors (Lipinski definition) is 2. The number of nitrogens with zero attached hydrogens (tertiary/aromatic N) is 1. The molecule has 0 bridgehead atoms. The van der Waals surface area contributed by atoms with Crippen molar-refractivity contribution in [2.24, 2.45) is 0 Å². The van der Waals surface area contributed by atoms with Gasteiger partial charge in [0.15, 0.2) is 0 Å². The molecule has 4 nitrogen and oxygen atoms in total. The first-order valence-corrected chi connectivity index (χ1v) is 10.6. The molecule has 4 heteroatoms. The molecule has 2 amide bonds. The zero-order chi connectivity index (χ0) is 21.2. The summed E-state index contributed by atoms with van der Waals surface area (Å²) in [5, 5.41) is 2.84. The van der Waals surface area contributed by atoms with Crippen LogP contribution in [-0.4, -0.2) is 35.8 Å². The Kier molecular flexibility index (Phi) is 8.91. The number of aryl methyl sites for hydroxylation is 1. The highest BCUT2D eigenvalue weighted by molar-refractivity contribution is 5.87. The molecule has 0 spiro atoms. The molecule has 0 radical (unpaired) electrons. The van der Waals surface area contributed by atoms with Crippen LogP contribution in [0, 0.1) is 0 Å². The third kappa shape index (κ3) is 7.04. The topological polar surface area (TPSA) is 49.4 Å². The lowest BCUT2D eigenvalue weighted by molar-refractivity contribution is -0.139. The summed E-state index contributed by atoms with van der Waals surface area (Å²) in [4.78, 5) is 27.1. The summed E-state index contributed by atoms with van der Waals surface area (Å²) in [6, 6.07) is 18.1. The zero-order valence-corrected chi connectivity index (χ0v) is 18.2. The van der Waals surface area contributed by atoms with Crippen molar-refractivity contribution in [1.82, 2.24) is 10.2 Å². The summed E-state index contributed by atoms with van der Waals surface area (Å²) in [5.41, 5.74) is 3.61. The van der Waals surface area contributed by atoms with Crippen molar-refractivity contribution < 1.29 is 9.59 Å². The highest BCUT2D eigenvalue weighted by Crippen LogP contribution is 2.16. The Morgan fingerprint density at radius 2 is 1.52 bits per heavy atom. The lowest BCUT2D eigenvalue weighted by Crippen LogP contribution is -2.48. The van der Waals surface area contributed by atoms with Crippen molar-refractivity contribution in [2.45, 2.75) is 58.9 Å². The minimum absolute atomic E-state index is 0.0209. The van der Waals surface area contributed by atoms with E-state index in [-0.39, 0.29) is 11.8 Å². The number of amides is 2. The SMILES string of the molecule is CCNC(=O)C(C)N(CCc1ccccc1)C(=O)CCc1ccc(C(C)C)cc1. The molecule has 0 aliphatic carbocycles. The van der Waals surface area contributed by atoms with Crippen LogP contribution < -0.4 is 5.32 Å².